The molecule has 1 saturated heterocycles. The second-order valence-electron chi connectivity index (χ2n) is 7.98. The summed E-state index contributed by atoms with van der Waals surface area (Å²) in [5.74, 6) is 0.863. The molecule has 2 amide bonds. The Morgan fingerprint density at radius 2 is 2.23 bits per heavy atom. The highest BCUT2D eigenvalue weighted by atomic mass is 79.9. The fraction of sp³-hybridized carbons (Fsp3) is 0.526. The maximum Gasteiger partial charge on any atom is 0.246 e. The van der Waals surface area contributed by atoms with Crippen molar-refractivity contribution in [3.63, 3.8) is 0 Å². The highest BCUT2D eigenvalue weighted by Gasteiger charge is 2.55. The van der Waals surface area contributed by atoms with Gasteiger partial charge in [0.15, 0.2) is 0 Å². The lowest BCUT2D eigenvalue weighted by molar-refractivity contribution is -0.137. The number of rotatable bonds is 5. The van der Waals surface area contributed by atoms with E-state index in [-0.39, 0.29) is 23.3 Å². The van der Waals surface area contributed by atoms with Crippen LogP contribution < -0.4 is 5.32 Å². The van der Waals surface area contributed by atoms with Gasteiger partial charge in [0, 0.05) is 11.0 Å². The molecule has 7 heteroatoms. The lowest BCUT2D eigenvalue weighted by Gasteiger charge is -2.29. The summed E-state index contributed by atoms with van der Waals surface area (Å²) < 4.78 is 0.994. The number of nitrogens with zero attached hydrogens (tertiary/aromatic N) is 2. The first-order valence-electron chi connectivity index (χ1n) is 9.08. The first-order chi connectivity index (χ1) is 12.4. The molecule has 2 aliphatic rings. The zero-order chi connectivity index (χ0) is 18.5. The van der Waals surface area contributed by atoms with E-state index in [1.54, 1.807) is 0 Å². The molecule has 1 saturated carbocycles. The first kappa shape index (κ1) is 17.5. The fourth-order valence-electron chi connectivity index (χ4n) is 4.03. The smallest absolute Gasteiger partial charge is 0.246 e. The van der Waals surface area contributed by atoms with Crippen LogP contribution in [0.1, 0.15) is 45.0 Å². The molecule has 0 bridgehead atoms. The summed E-state index contributed by atoms with van der Waals surface area (Å²) in [7, 11) is 0. The van der Waals surface area contributed by atoms with Crippen molar-refractivity contribution in [2.24, 2.45) is 11.3 Å². The maximum absolute atomic E-state index is 13.2. The number of hydrogen-bond donors (Lipinski definition) is 2. The van der Waals surface area contributed by atoms with Crippen LogP contribution in [0.4, 0.5) is 0 Å². The van der Waals surface area contributed by atoms with Crippen LogP contribution in [0.2, 0.25) is 0 Å². The van der Waals surface area contributed by atoms with E-state index in [4.69, 9.17) is 4.98 Å². The van der Waals surface area contributed by atoms with Crippen molar-refractivity contribution in [3.8, 4) is 0 Å². The number of fused-ring (bicyclic) bond motifs is 1. The van der Waals surface area contributed by atoms with Gasteiger partial charge in [-0.1, -0.05) is 29.8 Å². The lowest BCUT2D eigenvalue weighted by Crippen LogP contribution is -2.49. The van der Waals surface area contributed by atoms with Gasteiger partial charge in [0.25, 0.3) is 0 Å². The van der Waals surface area contributed by atoms with Crippen molar-refractivity contribution in [1.82, 2.24) is 20.2 Å². The molecule has 1 aliphatic carbocycles. The molecule has 0 radical (unpaired) electrons. The molecular formula is C19H23BrN4O2. The molecular weight excluding hydrogens is 396 g/mol. The topological polar surface area (TPSA) is 78.1 Å². The molecule has 2 unspecified atom stereocenters. The van der Waals surface area contributed by atoms with Crippen LogP contribution in [-0.4, -0.2) is 39.8 Å². The quantitative estimate of drug-likeness (QED) is 0.731. The lowest BCUT2D eigenvalue weighted by atomic mass is 10.0. The Morgan fingerprint density at radius 3 is 2.88 bits per heavy atom. The summed E-state index contributed by atoms with van der Waals surface area (Å²) in [6, 6.07) is 5.38. The zero-order valence-electron chi connectivity index (χ0n) is 15.0. The highest BCUT2D eigenvalue weighted by Crippen LogP contribution is 2.58. The minimum Gasteiger partial charge on any atom is -0.347 e. The molecule has 1 aliphatic heterocycles. The third-order valence-corrected chi connectivity index (χ3v) is 6.20. The summed E-state index contributed by atoms with van der Waals surface area (Å²) in [4.78, 5) is 34.3. The predicted octanol–water partition coefficient (Wildman–Crippen LogP) is 3.15. The summed E-state index contributed by atoms with van der Waals surface area (Å²) in [5, 5.41) is 2.70. The van der Waals surface area contributed by atoms with Gasteiger partial charge < -0.3 is 15.2 Å². The second kappa shape index (κ2) is 6.37. The summed E-state index contributed by atoms with van der Waals surface area (Å²) in [6.45, 7) is 4.66. The molecule has 2 aromatic rings. The van der Waals surface area contributed by atoms with Crippen molar-refractivity contribution in [2.75, 3.05) is 6.54 Å². The Hall–Kier alpha value is -1.89. The van der Waals surface area contributed by atoms with Crippen molar-refractivity contribution in [2.45, 2.75) is 45.2 Å². The van der Waals surface area contributed by atoms with Crippen LogP contribution >= 0.6 is 15.9 Å². The van der Waals surface area contributed by atoms with E-state index >= 15 is 0 Å². The Labute approximate surface area is 160 Å². The average Bonchev–Trinajstić information content (AvgIpc) is 3.05. The van der Waals surface area contributed by atoms with Gasteiger partial charge in [-0.25, -0.2) is 4.98 Å². The standard InChI is InChI=1S/C19H23BrN4O2/c1-11(2)16(21-10-25)18(26)24-9-19(5-6-19)8-15(24)17-22-13-4-3-12(20)7-14(13)23-17/h3-4,7,10-11,15-16H,5-6,8-9H2,1-2H3,(H,21,25)(H,22,23). The molecule has 6 nitrogen and oxygen atoms in total. The SMILES string of the molecule is CC(C)C(NC=O)C(=O)N1CC2(CC2)CC1c1nc2ccc(Br)cc2[nH]1. The highest BCUT2D eigenvalue weighted by molar-refractivity contribution is 9.10. The van der Waals surface area contributed by atoms with Crippen LogP contribution in [-0.2, 0) is 9.59 Å². The van der Waals surface area contributed by atoms with Gasteiger partial charge in [0.1, 0.15) is 11.9 Å². The molecule has 1 aromatic carbocycles. The number of amides is 2. The number of H-pyrrole nitrogens is 1. The van der Waals surface area contributed by atoms with Crippen LogP contribution in [0.25, 0.3) is 11.0 Å². The molecule has 138 valence electrons. The zero-order valence-corrected chi connectivity index (χ0v) is 16.5. The Morgan fingerprint density at radius 1 is 1.46 bits per heavy atom. The molecule has 1 aromatic heterocycles. The first-order valence-corrected chi connectivity index (χ1v) is 9.87. The van der Waals surface area contributed by atoms with Gasteiger partial charge in [-0.2, -0.15) is 0 Å². The van der Waals surface area contributed by atoms with E-state index in [1.165, 1.54) is 0 Å². The third kappa shape index (κ3) is 3.02. The minimum atomic E-state index is -0.498. The average molecular weight is 419 g/mol. The van der Waals surface area contributed by atoms with E-state index in [1.807, 2.05) is 36.9 Å². The van der Waals surface area contributed by atoms with Gasteiger partial charge in [0.2, 0.25) is 12.3 Å². The summed E-state index contributed by atoms with van der Waals surface area (Å²) in [5.41, 5.74) is 2.10. The molecule has 26 heavy (non-hydrogen) atoms. The minimum absolute atomic E-state index is 0.0116. The number of aromatic nitrogens is 2. The van der Waals surface area contributed by atoms with Crippen molar-refractivity contribution in [1.29, 1.82) is 0 Å². The number of halogens is 1. The van der Waals surface area contributed by atoms with E-state index in [0.29, 0.717) is 6.41 Å². The fourth-order valence-corrected chi connectivity index (χ4v) is 4.39. The van der Waals surface area contributed by atoms with Crippen LogP contribution in [0.3, 0.4) is 0 Å². The number of carbonyl (C=O) groups is 2. The van der Waals surface area contributed by atoms with Gasteiger partial charge in [0.05, 0.1) is 17.1 Å². The monoisotopic (exact) mass is 418 g/mol. The Bertz CT molecular complexity index is 858. The number of hydrogen-bond acceptors (Lipinski definition) is 3. The Balaban J connectivity index is 1.68. The molecule has 4 rings (SSSR count). The number of benzene rings is 1. The molecule has 1 spiro atoms. The maximum atomic E-state index is 13.2. The normalized spacial score (nSPS) is 22.2. The number of nitrogens with one attached hydrogen (secondary N) is 2. The second-order valence-corrected chi connectivity index (χ2v) is 8.89. The number of imidazole rings is 1. The van der Waals surface area contributed by atoms with Gasteiger partial charge >= 0.3 is 0 Å². The van der Waals surface area contributed by atoms with Crippen LogP contribution in [0, 0.1) is 11.3 Å². The van der Waals surface area contributed by atoms with E-state index in [2.05, 4.69) is 26.2 Å². The number of carbonyl (C=O) groups excluding carboxylic acids is 2. The van der Waals surface area contributed by atoms with Crippen molar-refractivity contribution >= 4 is 39.3 Å². The summed E-state index contributed by atoms with van der Waals surface area (Å²) >= 11 is 3.49. The van der Waals surface area contributed by atoms with E-state index in [9.17, 15) is 9.59 Å². The largest absolute Gasteiger partial charge is 0.347 e. The van der Waals surface area contributed by atoms with Crippen LogP contribution in [0.15, 0.2) is 22.7 Å². The summed E-state index contributed by atoms with van der Waals surface area (Å²) in [6.07, 6.45) is 3.88. The van der Waals surface area contributed by atoms with Gasteiger partial charge in [-0.15, -0.1) is 0 Å². The third-order valence-electron chi connectivity index (χ3n) is 5.71. The number of aromatic amines is 1. The van der Waals surface area contributed by atoms with E-state index < -0.39 is 6.04 Å². The Kier molecular flexibility index (Phi) is 4.29. The van der Waals surface area contributed by atoms with Gasteiger partial charge in [-0.05, 0) is 48.8 Å². The number of likely N-dealkylation sites (tertiary alicyclic amines) is 1. The van der Waals surface area contributed by atoms with Crippen molar-refractivity contribution < 1.29 is 9.59 Å². The van der Waals surface area contributed by atoms with Crippen LogP contribution in [0.5, 0.6) is 0 Å². The molecule has 2 fully saturated rings. The molecule has 2 N–H and O–H groups in total. The molecule has 2 heterocycles. The predicted molar refractivity (Wildman–Crippen MR) is 102 cm³/mol. The van der Waals surface area contributed by atoms with Crippen molar-refractivity contribution in [3.05, 3.63) is 28.5 Å². The van der Waals surface area contributed by atoms with Gasteiger partial charge in [-0.3, -0.25) is 9.59 Å². The van der Waals surface area contributed by atoms with E-state index in [0.717, 1.165) is 47.1 Å². The molecule has 2 atom stereocenters.